The summed E-state index contributed by atoms with van der Waals surface area (Å²) < 4.78 is 15.2. The molecule has 0 aliphatic rings. The topological polar surface area (TPSA) is 91.8 Å². The maximum atomic E-state index is 12.3. The molecule has 7 nitrogen and oxygen atoms in total. The van der Waals surface area contributed by atoms with Crippen LogP contribution in [-0.4, -0.2) is 29.5 Å². The van der Waals surface area contributed by atoms with E-state index in [4.69, 9.17) is 14.2 Å². The summed E-state index contributed by atoms with van der Waals surface area (Å²) in [5.74, 6) is -0.881. The lowest BCUT2D eigenvalue weighted by molar-refractivity contribution is -0.131. The van der Waals surface area contributed by atoms with Gasteiger partial charge in [-0.2, -0.15) is 0 Å². The molecule has 0 amide bonds. The van der Waals surface area contributed by atoms with Crippen LogP contribution in [0.1, 0.15) is 39.7 Å². The molecule has 0 saturated carbocycles. The van der Waals surface area contributed by atoms with Crippen LogP contribution in [0.25, 0.3) is 11.1 Å². The SMILES string of the molecule is CCOC(=O)c1nc(COC(=O)c2ccc(-c3ccc(OC(C)=O)cc3)cc2)cs1. The van der Waals surface area contributed by atoms with Crippen molar-refractivity contribution in [3.05, 3.63) is 70.2 Å². The highest BCUT2D eigenvalue weighted by Crippen LogP contribution is 2.23. The van der Waals surface area contributed by atoms with Crippen LogP contribution in [0.3, 0.4) is 0 Å². The van der Waals surface area contributed by atoms with E-state index in [1.54, 1.807) is 48.7 Å². The average molecular weight is 425 g/mol. The highest BCUT2D eigenvalue weighted by molar-refractivity contribution is 7.11. The van der Waals surface area contributed by atoms with Crippen molar-refractivity contribution in [2.24, 2.45) is 0 Å². The van der Waals surface area contributed by atoms with Crippen molar-refractivity contribution < 1.29 is 28.6 Å². The maximum absolute atomic E-state index is 12.3. The molecule has 30 heavy (non-hydrogen) atoms. The highest BCUT2D eigenvalue weighted by Gasteiger charge is 2.14. The van der Waals surface area contributed by atoms with Crippen molar-refractivity contribution in [2.75, 3.05) is 6.61 Å². The Balaban J connectivity index is 1.58. The fourth-order valence-electron chi connectivity index (χ4n) is 2.56. The van der Waals surface area contributed by atoms with Crippen LogP contribution in [0, 0.1) is 0 Å². The lowest BCUT2D eigenvalue weighted by Crippen LogP contribution is -2.07. The smallest absolute Gasteiger partial charge is 0.367 e. The van der Waals surface area contributed by atoms with E-state index in [1.807, 2.05) is 12.1 Å². The van der Waals surface area contributed by atoms with E-state index in [2.05, 4.69) is 4.98 Å². The van der Waals surface area contributed by atoms with Crippen LogP contribution in [0.5, 0.6) is 5.75 Å². The van der Waals surface area contributed by atoms with Gasteiger partial charge in [0.15, 0.2) is 0 Å². The zero-order chi connectivity index (χ0) is 21.5. The molecule has 8 heteroatoms. The third kappa shape index (κ3) is 5.51. The first-order valence-corrected chi connectivity index (χ1v) is 10.0. The van der Waals surface area contributed by atoms with Gasteiger partial charge in [-0.1, -0.05) is 24.3 Å². The Hall–Kier alpha value is -3.52. The van der Waals surface area contributed by atoms with E-state index in [0.717, 1.165) is 22.5 Å². The van der Waals surface area contributed by atoms with Gasteiger partial charge in [-0.05, 0) is 42.3 Å². The quantitative estimate of drug-likeness (QED) is 0.412. The molecule has 0 bridgehead atoms. The van der Waals surface area contributed by atoms with Crippen LogP contribution in [-0.2, 0) is 20.9 Å². The van der Waals surface area contributed by atoms with Crippen LogP contribution in [0.4, 0.5) is 0 Å². The highest BCUT2D eigenvalue weighted by atomic mass is 32.1. The van der Waals surface area contributed by atoms with Crippen LogP contribution < -0.4 is 4.74 Å². The van der Waals surface area contributed by atoms with E-state index >= 15 is 0 Å². The van der Waals surface area contributed by atoms with Gasteiger partial charge >= 0.3 is 17.9 Å². The maximum Gasteiger partial charge on any atom is 0.367 e. The van der Waals surface area contributed by atoms with Crippen molar-refractivity contribution in [1.82, 2.24) is 4.98 Å². The molecule has 3 rings (SSSR count). The Morgan fingerprint density at radius 1 is 0.900 bits per heavy atom. The molecule has 0 spiro atoms. The number of hydrogen-bond acceptors (Lipinski definition) is 8. The fourth-order valence-corrected chi connectivity index (χ4v) is 3.26. The predicted octanol–water partition coefficient (Wildman–Crippen LogP) is 4.27. The predicted molar refractivity (Wildman–Crippen MR) is 110 cm³/mol. The summed E-state index contributed by atoms with van der Waals surface area (Å²) in [5.41, 5.74) is 2.70. The minimum Gasteiger partial charge on any atom is -0.461 e. The van der Waals surface area contributed by atoms with Crippen LogP contribution in [0.2, 0.25) is 0 Å². The molecule has 1 aromatic heterocycles. The number of ether oxygens (including phenoxy) is 3. The summed E-state index contributed by atoms with van der Waals surface area (Å²) in [6.07, 6.45) is 0. The van der Waals surface area contributed by atoms with Gasteiger partial charge in [-0.15, -0.1) is 11.3 Å². The lowest BCUT2D eigenvalue weighted by atomic mass is 10.0. The molecule has 0 unspecified atom stereocenters. The number of benzene rings is 2. The molecule has 0 fully saturated rings. The van der Waals surface area contributed by atoms with Crippen LogP contribution in [0.15, 0.2) is 53.9 Å². The molecule has 0 aliphatic heterocycles. The second-order valence-corrected chi connectivity index (χ2v) is 6.99. The zero-order valence-electron chi connectivity index (χ0n) is 16.4. The van der Waals surface area contributed by atoms with E-state index in [0.29, 0.717) is 17.0 Å². The second-order valence-electron chi connectivity index (χ2n) is 6.14. The summed E-state index contributed by atoms with van der Waals surface area (Å²) in [6, 6.07) is 14.0. The van der Waals surface area contributed by atoms with E-state index < -0.39 is 11.9 Å². The Morgan fingerprint density at radius 2 is 1.53 bits per heavy atom. The average Bonchev–Trinajstić information content (AvgIpc) is 3.22. The first-order valence-electron chi connectivity index (χ1n) is 9.14. The zero-order valence-corrected chi connectivity index (χ0v) is 17.2. The number of carbonyl (C=O) groups excluding carboxylic acids is 3. The van der Waals surface area contributed by atoms with Crippen molar-refractivity contribution >= 4 is 29.2 Å². The molecule has 0 radical (unpaired) electrons. The van der Waals surface area contributed by atoms with E-state index in [1.165, 1.54) is 6.92 Å². The van der Waals surface area contributed by atoms with E-state index in [9.17, 15) is 14.4 Å². The van der Waals surface area contributed by atoms with Gasteiger partial charge in [0, 0.05) is 12.3 Å². The van der Waals surface area contributed by atoms with Crippen molar-refractivity contribution in [2.45, 2.75) is 20.5 Å². The Bertz CT molecular complexity index is 1040. The second kappa shape index (κ2) is 9.80. The standard InChI is InChI=1S/C22H19NO6S/c1-3-27-22(26)20-23-18(13-30-20)12-28-21(25)17-6-4-15(5-7-17)16-8-10-19(11-9-16)29-14(2)24/h4-11,13H,3,12H2,1-2H3. The molecular weight excluding hydrogens is 406 g/mol. The van der Waals surface area contributed by atoms with Crippen molar-refractivity contribution in [1.29, 1.82) is 0 Å². The fraction of sp³-hybridized carbons (Fsp3) is 0.182. The summed E-state index contributed by atoms with van der Waals surface area (Å²) in [6.45, 7) is 3.31. The third-order valence-corrected chi connectivity index (χ3v) is 4.79. The van der Waals surface area contributed by atoms with Gasteiger partial charge in [0.05, 0.1) is 17.9 Å². The normalized spacial score (nSPS) is 10.3. The van der Waals surface area contributed by atoms with Gasteiger partial charge < -0.3 is 14.2 Å². The Morgan fingerprint density at radius 3 is 2.13 bits per heavy atom. The largest absolute Gasteiger partial charge is 0.461 e. The lowest BCUT2D eigenvalue weighted by Gasteiger charge is -2.06. The first kappa shape index (κ1) is 21.2. The van der Waals surface area contributed by atoms with Crippen molar-refractivity contribution in [3.8, 4) is 16.9 Å². The monoisotopic (exact) mass is 425 g/mol. The Labute approximate surface area is 177 Å². The number of aromatic nitrogens is 1. The molecule has 154 valence electrons. The van der Waals surface area contributed by atoms with Crippen LogP contribution >= 0.6 is 11.3 Å². The van der Waals surface area contributed by atoms with Gasteiger partial charge in [-0.3, -0.25) is 4.79 Å². The number of carbonyl (C=O) groups is 3. The molecule has 0 N–H and O–H groups in total. The molecule has 2 aromatic carbocycles. The molecule has 1 heterocycles. The number of rotatable bonds is 7. The van der Waals surface area contributed by atoms with Gasteiger partial charge in [0.1, 0.15) is 12.4 Å². The molecule has 3 aromatic rings. The summed E-state index contributed by atoms with van der Waals surface area (Å²) >= 11 is 1.14. The van der Waals surface area contributed by atoms with Gasteiger partial charge in [0.2, 0.25) is 5.01 Å². The number of esters is 3. The van der Waals surface area contributed by atoms with Crippen molar-refractivity contribution in [3.63, 3.8) is 0 Å². The molecular formula is C22H19NO6S. The molecule has 0 atom stereocenters. The van der Waals surface area contributed by atoms with E-state index in [-0.39, 0.29) is 24.2 Å². The first-order chi connectivity index (χ1) is 14.5. The minimum atomic E-state index is -0.489. The third-order valence-electron chi connectivity index (χ3n) is 3.92. The Kier molecular flexibility index (Phi) is 6.92. The van der Waals surface area contributed by atoms with Gasteiger partial charge in [0.25, 0.3) is 0 Å². The molecule has 0 saturated heterocycles. The summed E-state index contributed by atoms with van der Waals surface area (Å²) in [7, 11) is 0. The summed E-state index contributed by atoms with van der Waals surface area (Å²) in [5, 5.41) is 1.88. The summed E-state index contributed by atoms with van der Waals surface area (Å²) in [4.78, 5) is 39.0. The van der Waals surface area contributed by atoms with Gasteiger partial charge in [-0.25, -0.2) is 14.6 Å². The minimum absolute atomic E-state index is 0.0336. The number of hydrogen-bond donors (Lipinski definition) is 0. The molecule has 0 aliphatic carbocycles. The number of thiazole rings is 1. The number of nitrogens with zero attached hydrogens (tertiary/aromatic N) is 1.